The molecule has 5 heteroatoms. The first kappa shape index (κ1) is 23.7. The molecule has 0 radical (unpaired) electrons. The summed E-state index contributed by atoms with van der Waals surface area (Å²) in [4.78, 5) is 7.91. The first-order valence-corrected chi connectivity index (χ1v) is 15.2. The number of para-hydroxylation sites is 5. The van der Waals surface area contributed by atoms with Gasteiger partial charge in [-0.2, -0.15) is 4.98 Å². The largest absolute Gasteiger partial charge is 0.333 e. The van der Waals surface area contributed by atoms with Gasteiger partial charge in [-0.05, 0) is 66.2 Å². The predicted molar refractivity (Wildman–Crippen MR) is 180 cm³/mol. The number of allylic oxidation sites excluding steroid dienone is 2. The van der Waals surface area contributed by atoms with Crippen LogP contribution in [-0.2, 0) is 0 Å². The number of benzene rings is 5. The lowest BCUT2D eigenvalue weighted by Gasteiger charge is -2.28. The monoisotopic (exact) mass is 565 g/mol. The van der Waals surface area contributed by atoms with Crippen molar-refractivity contribution in [3.63, 3.8) is 0 Å². The molecule has 208 valence electrons. The molecule has 2 atom stereocenters. The van der Waals surface area contributed by atoms with Crippen molar-refractivity contribution >= 4 is 50.3 Å². The Hall–Kier alpha value is -5.81. The van der Waals surface area contributed by atoms with E-state index < -0.39 is 0 Å². The molecular formula is C39H27N5. The number of hydrogen-bond acceptors (Lipinski definition) is 2. The summed E-state index contributed by atoms with van der Waals surface area (Å²) >= 11 is 0. The number of hydrogen-bond donors (Lipinski definition) is 0. The molecule has 3 aromatic heterocycles. The fourth-order valence-electron chi connectivity index (χ4n) is 7.56. The van der Waals surface area contributed by atoms with Gasteiger partial charge in [-0.25, -0.2) is 0 Å². The summed E-state index contributed by atoms with van der Waals surface area (Å²) in [5.41, 5.74) is 11.6. The normalized spacial score (nSPS) is 17.3. The fraction of sp³-hybridized carbons (Fsp3) is 0.0513. The van der Waals surface area contributed by atoms with E-state index in [0.29, 0.717) is 0 Å². The molecule has 1 aliphatic carbocycles. The zero-order valence-corrected chi connectivity index (χ0v) is 23.8. The van der Waals surface area contributed by atoms with Crippen molar-refractivity contribution in [2.45, 2.75) is 12.0 Å². The minimum Gasteiger partial charge on any atom is -0.333 e. The van der Waals surface area contributed by atoms with Gasteiger partial charge in [0.15, 0.2) is 5.65 Å². The van der Waals surface area contributed by atoms with E-state index >= 15 is 0 Å². The van der Waals surface area contributed by atoms with Crippen molar-refractivity contribution in [1.82, 2.24) is 18.5 Å². The molecular weight excluding hydrogens is 538 g/mol. The molecule has 8 aromatic rings. The van der Waals surface area contributed by atoms with Crippen LogP contribution in [0, 0.1) is 0 Å². The summed E-state index contributed by atoms with van der Waals surface area (Å²) in [7, 11) is 0. The van der Waals surface area contributed by atoms with Gasteiger partial charge in [-0.1, -0.05) is 91.0 Å². The third-order valence-corrected chi connectivity index (χ3v) is 9.36. The van der Waals surface area contributed by atoms with Crippen LogP contribution >= 0.6 is 0 Å². The summed E-state index contributed by atoms with van der Waals surface area (Å²) in [5.74, 6) is 1.19. The van der Waals surface area contributed by atoms with Crippen LogP contribution in [0.2, 0.25) is 0 Å². The van der Waals surface area contributed by atoms with Gasteiger partial charge in [0.25, 0.3) is 0 Å². The Bertz CT molecular complexity index is 2460. The van der Waals surface area contributed by atoms with Crippen molar-refractivity contribution in [1.29, 1.82) is 0 Å². The average molecular weight is 566 g/mol. The first-order chi connectivity index (χ1) is 21.9. The second-order valence-corrected chi connectivity index (χ2v) is 11.7. The number of rotatable bonds is 3. The van der Waals surface area contributed by atoms with E-state index in [1.54, 1.807) is 0 Å². The predicted octanol–water partition coefficient (Wildman–Crippen LogP) is 9.11. The van der Waals surface area contributed by atoms with Crippen molar-refractivity contribution in [3.8, 4) is 11.4 Å². The molecule has 4 heterocycles. The minimum absolute atomic E-state index is 0.250. The highest BCUT2D eigenvalue weighted by atomic mass is 15.3. The maximum absolute atomic E-state index is 5.43. The molecule has 0 N–H and O–H groups in total. The standard InChI is InChI=1S/C39H27N5/c1-3-13-26(14-4-1)41-32-19-9-7-17-29(32)31-25-28(23-24-34(31)41)43-35-21-11-12-22-36(35)44-37-30-18-8-10-20-33(30)42(38(37)40-39(43)44)27-15-5-2-6-16-27/h1-25,29,32H. The minimum atomic E-state index is 0.250. The van der Waals surface area contributed by atoms with E-state index in [4.69, 9.17) is 4.98 Å². The third-order valence-electron chi connectivity index (χ3n) is 9.36. The lowest BCUT2D eigenvalue weighted by molar-refractivity contribution is 0.744. The summed E-state index contributed by atoms with van der Waals surface area (Å²) in [6.45, 7) is 0. The Balaban J connectivity index is 1.26. The van der Waals surface area contributed by atoms with Crippen LogP contribution in [-0.4, -0.2) is 24.6 Å². The maximum Gasteiger partial charge on any atom is 0.222 e. The topological polar surface area (TPSA) is 30.4 Å². The Morgan fingerprint density at radius 3 is 2.05 bits per heavy atom. The van der Waals surface area contributed by atoms with E-state index in [1.165, 1.54) is 22.3 Å². The Labute approximate surface area is 253 Å². The van der Waals surface area contributed by atoms with Gasteiger partial charge in [-0.15, -0.1) is 0 Å². The summed E-state index contributed by atoms with van der Waals surface area (Å²) in [5, 5.41) is 1.19. The number of fused-ring (bicyclic) bond motifs is 10. The highest BCUT2D eigenvalue weighted by molar-refractivity contribution is 6.09. The molecule has 5 aromatic carbocycles. The van der Waals surface area contributed by atoms with E-state index in [9.17, 15) is 0 Å². The van der Waals surface area contributed by atoms with Crippen LogP contribution in [0.25, 0.3) is 50.3 Å². The second-order valence-electron chi connectivity index (χ2n) is 11.7. The van der Waals surface area contributed by atoms with Crippen molar-refractivity contribution in [2.24, 2.45) is 0 Å². The number of nitrogens with zero attached hydrogens (tertiary/aromatic N) is 5. The van der Waals surface area contributed by atoms with E-state index in [0.717, 1.165) is 44.9 Å². The summed E-state index contributed by atoms with van der Waals surface area (Å²) in [6.07, 6.45) is 9.03. The molecule has 0 fully saturated rings. The first-order valence-electron chi connectivity index (χ1n) is 15.2. The Morgan fingerprint density at radius 1 is 0.545 bits per heavy atom. The number of aromatic nitrogens is 4. The summed E-state index contributed by atoms with van der Waals surface area (Å²) < 4.78 is 6.98. The van der Waals surface area contributed by atoms with Crippen molar-refractivity contribution < 1.29 is 0 Å². The zero-order valence-electron chi connectivity index (χ0n) is 23.8. The highest BCUT2D eigenvalue weighted by Gasteiger charge is 2.37. The summed E-state index contributed by atoms with van der Waals surface area (Å²) in [6, 6.07) is 45.8. The quantitative estimate of drug-likeness (QED) is 0.214. The molecule has 2 unspecified atom stereocenters. The lowest BCUT2D eigenvalue weighted by Crippen LogP contribution is -2.28. The van der Waals surface area contributed by atoms with Crippen LogP contribution in [0.3, 0.4) is 0 Å². The third kappa shape index (κ3) is 3.10. The van der Waals surface area contributed by atoms with Gasteiger partial charge in [0.1, 0.15) is 5.52 Å². The number of imidazole rings is 2. The van der Waals surface area contributed by atoms with E-state index in [1.807, 2.05) is 0 Å². The maximum atomic E-state index is 5.43. The van der Waals surface area contributed by atoms with Gasteiger partial charge in [0, 0.05) is 34.1 Å². The molecule has 44 heavy (non-hydrogen) atoms. The van der Waals surface area contributed by atoms with Crippen LogP contribution in [0.15, 0.2) is 152 Å². The Morgan fingerprint density at radius 2 is 1.23 bits per heavy atom. The van der Waals surface area contributed by atoms with E-state index in [-0.39, 0.29) is 12.0 Å². The van der Waals surface area contributed by atoms with Gasteiger partial charge in [0.2, 0.25) is 5.78 Å². The molecule has 0 spiro atoms. The van der Waals surface area contributed by atoms with Gasteiger partial charge in [-0.3, -0.25) is 13.5 Å². The smallest absolute Gasteiger partial charge is 0.222 e. The molecule has 5 nitrogen and oxygen atoms in total. The fourth-order valence-corrected chi connectivity index (χ4v) is 7.56. The molecule has 0 saturated carbocycles. The van der Waals surface area contributed by atoms with Crippen LogP contribution in [0.4, 0.5) is 11.4 Å². The van der Waals surface area contributed by atoms with Gasteiger partial charge >= 0.3 is 0 Å². The average Bonchev–Trinajstić information content (AvgIpc) is 3.80. The Kier molecular flexibility index (Phi) is 4.77. The van der Waals surface area contributed by atoms with Crippen molar-refractivity contribution in [2.75, 3.05) is 4.90 Å². The van der Waals surface area contributed by atoms with Gasteiger partial charge in [0.05, 0.1) is 22.6 Å². The molecule has 0 bridgehead atoms. The van der Waals surface area contributed by atoms with E-state index in [2.05, 4.69) is 170 Å². The number of anilines is 2. The molecule has 0 saturated heterocycles. The van der Waals surface area contributed by atoms with Crippen LogP contribution in [0.5, 0.6) is 0 Å². The SMILES string of the molecule is C1=CC2c3cc(-n4c5ccccc5n5c6c7ccccc7n(-c7ccccc7)c6nc45)ccc3N(c3ccccc3)C2C=C1. The molecule has 10 rings (SSSR count). The van der Waals surface area contributed by atoms with Crippen molar-refractivity contribution in [3.05, 3.63) is 157 Å². The molecule has 0 amide bonds. The second kappa shape index (κ2) is 8.85. The molecule has 1 aliphatic heterocycles. The molecule has 2 aliphatic rings. The van der Waals surface area contributed by atoms with Gasteiger partial charge < -0.3 is 4.90 Å². The van der Waals surface area contributed by atoms with Crippen LogP contribution in [0.1, 0.15) is 11.5 Å². The highest BCUT2D eigenvalue weighted by Crippen LogP contribution is 2.48. The van der Waals surface area contributed by atoms with Crippen LogP contribution < -0.4 is 4.90 Å². The zero-order chi connectivity index (χ0) is 28.8. The lowest BCUT2D eigenvalue weighted by atomic mass is 9.91.